The Labute approximate surface area is 131 Å². The zero-order valence-corrected chi connectivity index (χ0v) is 11.8. The van der Waals surface area contributed by atoms with Crippen molar-refractivity contribution in [3.05, 3.63) is 71.3 Å². The Morgan fingerprint density at radius 3 is 2.48 bits per heavy atom. The smallest absolute Gasteiger partial charge is 0.373 e. The van der Waals surface area contributed by atoms with Crippen LogP contribution >= 0.6 is 0 Å². The molecule has 2 aromatic heterocycles. The third-order valence-corrected chi connectivity index (χ3v) is 2.87. The Morgan fingerprint density at radius 2 is 1.78 bits per heavy atom. The third kappa shape index (κ3) is 3.38. The van der Waals surface area contributed by atoms with E-state index in [1.807, 2.05) is 6.07 Å². The summed E-state index contributed by atoms with van der Waals surface area (Å²) in [5, 5.41) is 14.3. The Morgan fingerprint density at radius 1 is 1.04 bits per heavy atom. The molecule has 0 radical (unpaired) electrons. The minimum Gasteiger partial charge on any atom is -0.434 e. The van der Waals surface area contributed by atoms with Crippen molar-refractivity contribution in [3.8, 4) is 11.6 Å². The fourth-order valence-electron chi connectivity index (χ4n) is 1.87. The first kappa shape index (κ1) is 14.4. The monoisotopic (exact) mass is 309 g/mol. The number of ether oxygens (including phenoxy) is 1. The van der Waals surface area contributed by atoms with Crippen molar-refractivity contribution in [2.24, 2.45) is 0 Å². The molecular weight excluding hydrogens is 298 g/mol. The average molecular weight is 309 g/mol. The number of hydrogen-bond acceptors (Lipinski definition) is 7. The molecule has 0 aliphatic carbocycles. The van der Waals surface area contributed by atoms with Crippen LogP contribution in [0, 0.1) is 10.1 Å². The van der Waals surface area contributed by atoms with E-state index in [1.165, 1.54) is 6.33 Å². The summed E-state index contributed by atoms with van der Waals surface area (Å²) in [4.78, 5) is 22.5. The lowest BCUT2D eigenvalue weighted by atomic mass is 10.3. The highest BCUT2D eigenvalue weighted by atomic mass is 16.6. The molecule has 0 unspecified atom stereocenters. The molecule has 8 nitrogen and oxygen atoms in total. The molecule has 8 heteroatoms. The number of benzene rings is 1. The van der Waals surface area contributed by atoms with Gasteiger partial charge in [-0.3, -0.25) is 15.1 Å². The molecule has 0 aliphatic heterocycles. The highest BCUT2D eigenvalue weighted by molar-refractivity contribution is 5.68. The summed E-state index contributed by atoms with van der Waals surface area (Å²) >= 11 is 0. The van der Waals surface area contributed by atoms with Crippen LogP contribution in [0.15, 0.2) is 61.2 Å². The van der Waals surface area contributed by atoms with Crippen molar-refractivity contribution in [2.75, 3.05) is 5.32 Å². The van der Waals surface area contributed by atoms with Gasteiger partial charge in [-0.25, -0.2) is 4.98 Å². The second-order valence-corrected chi connectivity index (χ2v) is 4.41. The van der Waals surface area contributed by atoms with Gasteiger partial charge in [-0.15, -0.1) is 0 Å². The summed E-state index contributed by atoms with van der Waals surface area (Å²) in [5.41, 5.74) is 0.278. The normalized spacial score (nSPS) is 10.1. The van der Waals surface area contributed by atoms with E-state index in [0.717, 1.165) is 0 Å². The van der Waals surface area contributed by atoms with Crippen LogP contribution < -0.4 is 10.1 Å². The van der Waals surface area contributed by atoms with Crippen molar-refractivity contribution in [2.45, 2.75) is 0 Å². The lowest BCUT2D eigenvalue weighted by Crippen LogP contribution is -2.03. The highest BCUT2D eigenvalue weighted by Gasteiger charge is 2.25. The van der Waals surface area contributed by atoms with Crippen LogP contribution in [0.1, 0.15) is 0 Å². The predicted molar refractivity (Wildman–Crippen MR) is 82.7 cm³/mol. The summed E-state index contributed by atoms with van der Waals surface area (Å²) in [6, 6.07) is 12.0. The van der Waals surface area contributed by atoms with Gasteiger partial charge in [0.05, 0.1) is 4.92 Å². The lowest BCUT2D eigenvalue weighted by molar-refractivity contribution is -0.385. The maximum atomic E-state index is 11.4. The second kappa shape index (κ2) is 6.48. The number of hydrogen-bond donors (Lipinski definition) is 1. The van der Waals surface area contributed by atoms with E-state index in [1.54, 1.807) is 48.8 Å². The maximum absolute atomic E-state index is 11.4. The van der Waals surface area contributed by atoms with Gasteiger partial charge in [-0.2, -0.15) is 4.98 Å². The van der Waals surface area contributed by atoms with E-state index in [2.05, 4.69) is 20.3 Å². The number of rotatable bonds is 5. The molecule has 0 bridgehead atoms. The Kier molecular flexibility index (Phi) is 4.05. The fraction of sp³-hybridized carbons (Fsp3) is 0. The molecule has 0 saturated carbocycles. The first-order valence-electron chi connectivity index (χ1n) is 6.63. The van der Waals surface area contributed by atoms with E-state index in [-0.39, 0.29) is 17.4 Å². The van der Waals surface area contributed by atoms with Crippen LogP contribution in [0.2, 0.25) is 0 Å². The maximum Gasteiger partial charge on any atom is 0.373 e. The van der Waals surface area contributed by atoms with Crippen molar-refractivity contribution in [1.29, 1.82) is 0 Å². The number of anilines is 2. The van der Waals surface area contributed by atoms with Gasteiger partial charge in [0.15, 0.2) is 0 Å². The van der Waals surface area contributed by atoms with E-state index in [0.29, 0.717) is 11.4 Å². The van der Waals surface area contributed by atoms with Crippen LogP contribution in [0.3, 0.4) is 0 Å². The topological polar surface area (TPSA) is 103 Å². The minimum absolute atomic E-state index is 0.0436. The SMILES string of the molecule is O=[N+]([O-])c1c(Nc2ccncc2)ncnc1Oc1ccccc1. The average Bonchev–Trinajstić information content (AvgIpc) is 2.56. The van der Waals surface area contributed by atoms with Gasteiger partial charge in [-0.1, -0.05) is 18.2 Å². The molecule has 0 aliphatic rings. The predicted octanol–water partition coefficient (Wildman–Crippen LogP) is 3.32. The second-order valence-electron chi connectivity index (χ2n) is 4.41. The molecule has 0 fully saturated rings. The molecule has 3 aromatic rings. The Bertz CT molecular complexity index is 752. The standard InChI is InChI=1S/C15H11N5O3/c21-20(22)13-14(19-11-6-8-16-9-7-11)17-10-18-15(13)23-12-4-2-1-3-5-12/h1-10H,(H,16,17,18,19). The molecule has 2 heterocycles. The summed E-state index contributed by atoms with van der Waals surface area (Å²) in [7, 11) is 0. The van der Waals surface area contributed by atoms with Gasteiger partial charge in [0.1, 0.15) is 12.1 Å². The van der Waals surface area contributed by atoms with Crippen LogP contribution in [-0.2, 0) is 0 Å². The number of pyridine rings is 1. The number of aromatic nitrogens is 3. The Balaban J connectivity index is 1.97. The van der Waals surface area contributed by atoms with Gasteiger partial charge in [0.25, 0.3) is 0 Å². The minimum atomic E-state index is -0.582. The van der Waals surface area contributed by atoms with Gasteiger partial charge in [0, 0.05) is 18.1 Å². The molecule has 1 N–H and O–H groups in total. The van der Waals surface area contributed by atoms with Gasteiger partial charge >= 0.3 is 11.6 Å². The first-order valence-corrected chi connectivity index (χ1v) is 6.63. The zero-order chi connectivity index (χ0) is 16.1. The van der Waals surface area contributed by atoms with Crippen molar-refractivity contribution < 1.29 is 9.66 Å². The van der Waals surface area contributed by atoms with Crippen LogP contribution in [0.25, 0.3) is 0 Å². The third-order valence-electron chi connectivity index (χ3n) is 2.87. The van der Waals surface area contributed by atoms with E-state index >= 15 is 0 Å². The highest BCUT2D eigenvalue weighted by Crippen LogP contribution is 2.35. The quantitative estimate of drug-likeness (QED) is 0.569. The first-order chi connectivity index (χ1) is 11.2. The summed E-state index contributed by atoms with van der Waals surface area (Å²) in [6.07, 6.45) is 4.34. The van der Waals surface area contributed by atoms with Gasteiger partial charge in [0.2, 0.25) is 5.82 Å². The molecule has 0 amide bonds. The zero-order valence-electron chi connectivity index (χ0n) is 11.8. The van der Waals surface area contributed by atoms with Gasteiger partial charge in [-0.05, 0) is 24.3 Å². The molecular formula is C15H11N5O3. The van der Waals surface area contributed by atoms with Gasteiger partial charge < -0.3 is 10.1 Å². The molecule has 23 heavy (non-hydrogen) atoms. The number of nitro groups is 1. The number of para-hydroxylation sites is 1. The largest absolute Gasteiger partial charge is 0.434 e. The number of nitrogens with zero attached hydrogens (tertiary/aromatic N) is 4. The Hall–Kier alpha value is -3.55. The molecule has 0 spiro atoms. The van der Waals surface area contributed by atoms with E-state index < -0.39 is 4.92 Å². The van der Waals surface area contributed by atoms with Crippen LogP contribution in [-0.4, -0.2) is 19.9 Å². The number of nitrogens with one attached hydrogen (secondary N) is 1. The van der Waals surface area contributed by atoms with Crippen LogP contribution in [0.4, 0.5) is 17.2 Å². The van der Waals surface area contributed by atoms with Crippen molar-refractivity contribution in [1.82, 2.24) is 15.0 Å². The van der Waals surface area contributed by atoms with E-state index in [4.69, 9.17) is 4.74 Å². The molecule has 1 aromatic carbocycles. The van der Waals surface area contributed by atoms with Crippen molar-refractivity contribution >= 4 is 17.2 Å². The van der Waals surface area contributed by atoms with E-state index in [9.17, 15) is 10.1 Å². The summed E-state index contributed by atoms with van der Waals surface area (Å²) in [6.45, 7) is 0. The molecule has 0 saturated heterocycles. The molecule has 0 atom stereocenters. The molecule has 3 rings (SSSR count). The lowest BCUT2D eigenvalue weighted by Gasteiger charge is -2.09. The summed E-state index contributed by atoms with van der Waals surface area (Å²) < 4.78 is 5.50. The molecule has 114 valence electrons. The fourth-order valence-corrected chi connectivity index (χ4v) is 1.87. The van der Waals surface area contributed by atoms with Crippen molar-refractivity contribution in [3.63, 3.8) is 0 Å². The summed E-state index contributed by atoms with van der Waals surface area (Å²) in [5.74, 6) is 0.360. The van der Waals surface area contributed by atoms with Crippen LogP contribution in [0.5, 0.6) is 11.6 Å².